The van der Waals surface area contributed by atoms with Gasteiger partial charge in [0, 0.05) is 23.0 Å². The molecule has 6 nitrogen and oxygen atoms in total. The number of aromatic carboxylic acids is 1. The van der Waals surface area contributed by atoms with Crippen LogP contribution in [0.4, 0.5) is 0 Å². The lowest BCUT2D eigenvalue weighted by Gasteiger charge is -2.01. The van der Waals surface area contributed by atoms with Gasteiger partial charge in [-0.1, -0.05) is 42.5 Å². The number of carboxylic acids is 1. The van der Waals surface area contributed by atoms with E-state index >= 15 is 0 Å². The second-order valence-electron chi connectivity index (χ2n) is 6.29. The molecule has 0 saturated carbocycles. The molecule has 27 heavy (non-hydrogen) atoms. The highest BCUT2D eigenvalue weighted by Gasteiger charge is 2.14. The third kappa shape index (κ3) is 2.17. The summed E-state index contributed by atoms with van der Waals surface area (Å²) in [7, 11) is 0. The van der Waals surface area contributed by atoms with Crippen LogP contribution in [0.25, 0.3) is 33.5 Å². The lowest BCUT2D eigenvalue weighted by atomic mass is 10.1. The molecule has 2 heterocycles. The zero-order valence-corrected chi connectivity index (χ0v) is 14.0. The number of nitrogens with one attached hydrogen (secondary N) is 1. The Bertz CT molecular complexity index is 1480. The Morgan fingerprint density at radius 3 is 2.63 bits per heavy atom. The van der Waals surface area contributed by atoms with E-state index in [2.05, 4.69) is 9.97 Å². The predicted octanol–water partition coefficient (Wildman–Crippen LogP) is 2.57. The number of aromatic amines is 1. The molecule has 5 aromatic rings. The molecule has 0 saturated heterocycles. The molecule has 0 spiro atoms. The number of nitrogens with zero attached hydrogens (tertiary/aromatic N) is 2. The fourth-order valence-corrected chi connectivity index (χ4v) is 3.64. The van der Waals surface area contributed by atoms with Crippen LogP contribution in [0.2, 0.25) is 0 Å². The highest BCUT2D eigenvalue weighted by Crippen LogP contribution is 2.22. The number of fused-ring (bicyclic) bond motifs is 5. The summed E-state index contributed by atoms with van der Waals surface area (Å²) in [5, 5.41) is 12.2. The molecule has 0 unspecified atom stereocenters. The van der Waals surface area contributed by atoms with Crippen molar-refractivity contribution < 1.29 is 9.90 Å². The molecule has 0 amide bonds. The van der Waals surface area contributed by atoms with Crippen molar-refractivity contribution in [3.8, 4) is 0 Å². The standard InChI is InChI=1S/C21H13N3O3/c25-20-19-22-9-10-24(19)18-16(11-12-5-1-2-6-13(12)21(26)27)14-7-3-4-8-15(14)17(18)23-20/h1-11H,(H,23,25)(H,26,27). The topological polar surface area (TPSA) is 87.5 Å². The summed E-state index contributed by atoms with van der Waals surface area (Å²) in [4.78, 5) is 31.1. The Morgan fingerprint density at radius 1 is 1.07 bits per heavy atom. The van der Waals surface area contributed by atoms with E-state index in [0.717, 1.165) is 21.5 Å². The fraction of sp³-hybridized carbons (Fsp3) is 0. The summed E-state index contributed by atoms with van der Waals surface area (Å²) in [5.41, 5.74) is 2.37. The molecule has 130 valence electrons. The first-order chi connectivity index (χ1) is 13.1. The van der Waals surface area contributed by atoms with Crippen molar-refractivity contribution in [2.24, 2.45) is 0 Å². The number of aromatic nitrogens is 3. The fourth-order valence-electron chi connectivity index (χ4n) is 3.64. The van der Waals surface area contributed by atoms with E-state index in [-0.39, 0.29) is 11.1 Å². The van der Waals surface area contributed by atoms with Crippen LogP contribution in [-0.2, 0) is 0 Å². The molecule has 0 fully saturated rings. The predicted molar refractivity (Wildman–Crippen MR) is 103 cm³/mol. The average Bonchev–Trinajstić information content (AvgIpc) is 3.27. The van der Waals surface area contributed by atoms with Gasteiger partial charge in [-0.2, -0.15) is 0 Å². The summed E-state index contributed by atoms with van der Waals surface area (Å²) >= 11 is 0. The van der Waals surface area contributed by atoms with Gasteiger partial charge in [-0.15, -0.1) is 0 Å². The quantitative estimate of drug-likeness (QED) is 0.509. The van der Waals surface area contributed by atoms with Gasteiger partial charge < -0.3 is 10.1 Å². The van der Waals surface area contributed by atoms with Gasteiger partial charge in [-0.05, 0) is 23.1 Å². The highest BCUT2D eigenvalue weighted by atomic mass is 16.4. The molecule has 0 aliphatic rings. The van der Waals surface area contributed by atoms with Gasteiger partial charge in [-0.25, -0.2) is 9.78 Å². The molecule has 0 bridgehead atoms. The van der Waals surface area contributed by atoms with E-state index in [1.165, 1.54) is 0 Å². The number of carbonyl (C=O) groups is 1. The zero-order chi connectivity index (χ0) is 18.5. The lowest BCUT2D eigenvalue weighted by molar-refractivity contribution is 0.0696. The summed E-state index contributed by atoms with van der Waals surface area (Å²) in [5.74, 6) is -0.983. The number of H-pyrrole nitrogens is 1. The minimum Gasteiger partial charge on any atom is -0.478 e. The van der Waals surface area contributed by atoms with E-state index in [9.17, 15) is 14.7 Å². The molecular weight excluding hydrogens is 342 g/mol. The molecule has 5 rings (SSSR count). The molecular formula is C21H13N3O3. The third-order valence-electron chi connectivity index (χ3n) is 4.79. The number of hydrogen-bond acceptors (Lipinski definition) is 3. The van der Waals surface area contributed by atoms with E-state index < -0.39 is 5.97 Å². The van der Waals surface area contributed by atoms with Crippen molar-refractivity contribution in [1.29, 1.82) is 0 Å². The molecule has 6 heteroatoms. The van der Waals surface area contributed by atoms with Crippen molar-refractivity contribution in [3.05, 3.63) is 87.6 Å². The number of carboxylic acid groups (broad SMARTS) is 1. The normalized spacial score (nSPS) is 12.4. The molecule has 0 aliphatic heterocycles. The van der Waals surface area contributed by atoms with Gasteiger partial charge in [-0.3, -0.25) is 9.20 Å². The highest BCUT2D eigenvalue weighted by molar-refractivity contribution is 6.10. The van der Waals surface area contributed by atoms with Crippen LogP contribution >= 0.6 is 0 Å². The van der Waals surface area contributed by atoms with Crippen LogP contribution in [-0.4, -0.2) is 25.4 Å². The Labute approximate surface area is 152 Å². The Balaban J connectivity index is 2.05. The second-order valence-corrected chi connectivity index (χ2v) is 6.29. The number of hydrogen-bond donors (Lipinski definition) is 2. The maximum Gasteiger partial charge on any atom is 0.336 e. The van der Waals surface area contributed by atoms with Crippen LogP contribution < -0.4 is 10.8 Å². The van der Waals surface area contributed by atoms with Crippen LogP contribution in [0, 0.1) is 0 Å². The summed E-state index contributed by atoms with van der Waals surface area (Å²) < 4.78 is 1.75. The smallest absolute Gasteiger partial charge is 0.336 e. The first-order valence-electron chi connectivity index (χ1n) is 8.38. The largest absolute Gasteiger partial charge is 0.478 e. The Hall–Kier alpha value is -3.93. The zero-order valence-electron chi connectivity index (χ0n) is 14.0. The Kier molecular flexibility index (Phi) is 3.14. The minimum atomic E-state index is -0.983. The molecule has 0 aliphatic carbocycles. The SMILES string of the molecule is O=C(O)c1ccccc1C=c1c2ccccc2c2[nH]c(=O)c3nccn3c12. The maximum absolute atomic E-state index is 12.4. The maximum atomic E-state index is 12.4. The molecule has 0 atom stereocenters. The van der Waals surface area contributed by atoms with Crippen LogP contribution in [0.1, 0.15) is 15.9 Å². The number of benzene rings is 2. The summed E-state index contributed by atoms with van der Waals surface area (Å²) in [6.07, 6.45) is 5.18. The third-order valence-corrected chi connectivity index (χ3v) is 4.79. The molecule has 2 N–H and O–H groups in total. The van der Waals surface area contributed by atoms with Gasteiger partial charge >= 0.3 is 5.97 Å². The van der Waals surface area contributed by atoms with E-state index in [1.807, 2.05) is 30.3 Å². The van der Waals surface area contributed by atoms with Crippen LogP contribution in [0.15, 0.2) is 65.7 Å². The first-order valence-corrected chi connectivity index (χ1v) is 8.38. The van der Waals surface area contributed by atoms with Gasteiger partial charge in [0.25, 0.3) is 5.56 Å². The van der Waals surface area contributed by atoms with Crippen LogP contribution in [0.3, 0.4) is 0 Å². The van der Waals surface area contributed by atoms with Gasteiger partial charge in [0.15, 0.2) is 0 Å². The first kappa shape index (κ1) is 15.3. The van der Waals surface area contributed by atoms with Crippen molar-refractivity contribution in [1.82, 2.24) is 14.4 Å². The monoisotopic (exact) mass is 355 g/mol. The van der Waals surface area contributed by atoms with E-state index in [0.29, 0.717) is 16.7 Å². The van der Waals surface area contributed by atoms with Crippen molar-refractivity contribution in [2.75, 3.05) is 0 Å². The van der Waals surface area contributed by atoms with E-state index in [4.69, 9.17) is 0 Å². The van der Waals surface area contributed by atoms with Crippen molar-refractivity contribution in [3.63, 3.8) is 0 Å². The van der Waals surface area contributed by atoms with Crippen molar-refractivity contribution in [2.45, 2.75) is 0 Å². The van der Waals surface area contributed by atoms with Gasteiger partial charge in [0.2, 0.25) is 5.65 Å². The average molecular weight is 355 g/mol. The van der Waals surface area contributed by atoms with Crippen LogP contribution in [0.5, 0.6) is 0 Å². The molecule has 0 radical (unpaired) electrons. The molecule has 2 aromatic heterocycles. The lowest BCUT2D eigenvalue weighted by Crippen LogP contribution is -2.13. The second kappa shape index (κ2) is 5.54. The van der Waals surface area contributed by atoms with E-state index in [1.54, 1.807) is 41.1 Å². The minimum absolute atomic E-state index is 0.224. The Morgan fingerprint density at radius 2 is 1.81 bits per heavy atom. The van der Waals surface area contributed by atoms with Gasteiger partial charge in [0.1, 0.15) is 0 Å². The van der Waals surface area contributed by atoms with Gasteiger partial charge in [0.05, 0.1) is 16.6 Å². The summed E-state index contributed by atoms with van der Waals surface area (Å²) in [6, 6.07) is 14.6. The molecule has 3 aromatic carbocycles. The number of rotatable bonds is 2. The summed E-state index contributed by atoms with van der Waals surface area (Å²) in [6.45, 7) is 0. The van der Waals surface area contributed by atoms with Crippen molar-refractivity contribution >= 4 is 39.5 Å². The number of imidazole rings is 1.